The fraction of sp³-hybridized carbons (Fsp3) is 0. The third-order valence-electron chi connectivity index (χ3n) is 0. The molecule has 0 aromatic carbocycles. The van der Waals surface area contributed by atoms with E-state index < -0.39 is 0 Å². The SMILES string of the molecule is C=C[CH2-].[K].[Li+]. The Morgan fingerprint density at radius 3 is 1.60 bits per heavy atom. The third-order valence-corrected chi connectivity index (χ3v) is 0. The van der Waals surface area contributed by atoms with Crippen molar-refractivity contribution < 1.29 is 18.9 Å². The van der Waals surface area contributed by atoms with E-state index in [4.69, 9.17) is 0 Å². The van der Waals surface area contributed by atoms with Crippen molar-refractivity contribution in [1.29, 1.82) is 0 Å². The first-order valence-corrected chi connectivity index (χ1v) is 0.816. The van der Waals surface area contributed by atoms with Crippen LogP contribution >= 0.6 is 0 Å². The summed E-state index contributed by atoms with van der Waals surface area (Å²) in [5.74, 6) is 0. The van der Waals surface area contributed by atoms with E-state index in [-0.39, 0.29) is 70.2 Å². The molecule has 0 amide bonds. The van der Waals surface area contributed by atoms with Gasteiger partial charge >= 0.3 is 18.9 Å². The van der Waals surface area contributed by atoms with E-state index in [2.05, 4.69) is 13.5 Å². The number of rotatable bonds is 0. The molecule has 0 spiro atoms. The Kier molecular flexibility index (Phi) is 53.6. The van der Waals surface area contributed by atoms with Crippen molar-refractivity contribution in [1.82, 2.24) is 0 Å². The van der Waals surface area contributed by atoms with Gasteiger partial charge in [-0.05, 0) is 0 Å². The van der Waals surface area contributed by atoms with Crippen molar-refractivity contribution in [3.05, 3.63) is 19.6 Å². The van der Waals surface area contributed by atoms with Gasteiger partial charge in [0.25, 0.3) is 0 Å². The van der Waals surface area contributed by atoms with Crippen LogP contribution in [0, 0.1) is 6.92 Å². The van der Waals surface area contributed by atoms with Crippen LogP contribution in [0.1, 0.15) is 0 Å². The standard InChI is InChI=1S/C3H5.K.Li/c1-3-2;;/h3H,1-2H2;;/q-1;;+1. The molecular formula is C3H5KLi. The summed E-state index contributed by atoms with van der Waals surface area (Å²) < 4.78 is 0. The van der Waals surface area contributed by atoms with Gasteiger partial charge in [-0.2, -0.15) is 0 Å². The van der Waals surface area contributed by atoms with Crippen LogP contribution in [0.4, 0.5) is 0 Å². The molecule has 0 aromatic rings. The monoisotopic (exact) mass is 87.0 g/mol. The second kappa shape index (κ2) is 17.0. The Labute approximate surface area is 88.0 Å². The number of allylic oxidation sites excluding steroid dienone is 1. The van der Waals surface area contributed by atoms with Crippen molar-refractivity contribution in [2.75, 3.05) is 0 Å². The molecule has 0 aliphatic rings. The van der Waals surface area contributed by atoms with Crippen molar-refractivity contribution in [3.8, 4) is 0 Å². The molecule has 0 aromatic heterocycles. The smallest absolute Gasteiger partial charge is 0.245 e. The first-order valence-electron chi connectivity index (χ1n) is 0.816. The van der Waals surface area contributed by atoms with Crippen LogP contribution < -0.4 is 18.9 Å². The van der Waals surface area contributed by atoms with Crippen LogP contribution in [0.15, 0.2) is 12.7 Å². The van der Waals surface area contributed by atoms with E-state index in [1.54, 1.807) is 0 Å². The summed E-state index contributed by atoms with van der Waals surface area (Å²) in [5.41, 5.74) is 0. The summed E-state index contributed by atoms with van der Waals surface area (Å²) >= 11 is 0. The predicted octanol–water partition coefficient (Wildman–Crippen LogP) is -2.37. The predicted molar refractivity (Wildman–Crippen MR) is 21.3 cm³/mol. The Hall–Kier alpha value is 1.84. The van der Waals surface area contributed by atoms with Crippen LogP contribution in [0.3, 0.4) is 0 Å². The minimum Gasteiger partial charge on any atom is -0.245 e. The Morgan fingerprint density at radius 1 is 1.60 bits per heavy atom. The van der Waals surface area contributed by atoms with Crippen LogP contribution in [0.2, 0.25) is 0 Å². The molecule has 0 unspecified atom stereocenters. The second-order valence-corrected chi connectivity index (χ2v) is 0.289. The Bertz CT molecular complexity index is 14.4. The molecule has 0 bridgehead atoms. The first kappa shape index (κ1) is 15.8. The van der Waals surface area contributed by atoms with Crippen molar-refractivity contribution >= 4 is 51.4 Å². The summed E-state index contributed by atoms with van der Waals surface area (Å²) in [6.45, 7) is 6.50. The quantitative estimate of drug-likeness (QED) is 0.229. The van der Waals surface area contributed by atoms with E-state index in [1.807, 2.05) is 0 Å². The van der Waals surface area contributed by atoms with E-state index in [0.29, 0.717) is 0 Å². The molecule has 0 saturated carbocycles. The Balaban J connectivity index is -0.0000000200. The van der Waals surface area contributed by atoms with Gasteiger partial charge in [0, 0.05) is 51.4 Å². The molecule has 0 aliphatic heterocycles. The van der Waals surface area contributed by atoms with Crippen LogP contribution in [0.5, 0.6) is 0 Å². The maximum Gasteiger partial charge on any atom is 1.00 e. The molecule has 0 rings (SSSR count). The van der Waals surface area contributed by atoms with E-state index in [0.717, 1.165) is 0 Å². The average Bonchev–Trinajstić information content (AvgIpc) is 0.918. The fourth-order valence-corrected chi connectivity index (χ4v) is 0. The van der Waals surface area contributed by atoms with Gasteiger partial charge in [0.1, 0.15) is 0 Å². The van der Waals surface area contributed by atoms with Gasteiger partial charge < -0.3 is 0 Å². The fourth-order valence-electron chi connectivity index (χ4n) is 0. The minimum atomic E-state index is 0. The molecule has 0 aliphatic carbocycles. The summed E-state index contributed by atoms with van der Waals surface area (Å²) in [4.78, 5) is 0. The molecule has 19 valence electrons. The van der Waals surface area contributed by atoms with Gasteiger partial charge in [-0.1, -0.05) is 0 Å². The zero-order chi connectivity index (χ0) is 2.71. The maximum atomic E-state index is 3.25. The van der Waals surface area contributed by atoms with Gasteiger partial charge in [-0.25, -0.2) is 19.6 Å². The summed E-state index contributed by atoms with van der Waals surface area (Å²) in [6.07, 6.45) is 1.50. The van der Waals surface area contributed by atoms with Gasteiger partial charge in [-0.3, -0.25) is 0 Å². The third kappa shape index (κ3) is 25.4. The van der Waals surface area contributed by atoms with E-state index in [9.17, 15) is 0 Å². The largest absolute Gasteiger partial charge is 1.00 e. The molecule has 0 saturated heterocycles. The maximum absolute atomic E-state index is 3.25. The van der Waals surface area contributed by atoms with Crippen LogP contribution in [-0.4, -0.2) is 51.4 Å². The second-order valence-electron chi connectivity index (χ2n) is 0.289. The summed E-state index contributed by atoms with van der Waals surface area (Å²) in [5, 5.41) is 0. The number of hydrogen-bond acceptors (Lipinski definition) is 0. The van der Waals surface area contributed by atoms with Gasteiger partial charge in [0.15, 0.2) is 0 Å². The van der Waals surface area contributed by atoms with E-state index in [1.165, 1.54) is 6.08 Å². The zero-order valence-corrected chi connectivity index (χ0v) is 7.11. The molecule has 0 atom stereocenters. The van der Waals surface area contributed by atoms with Gasteiger partial charge in [0.2, 0.25) is 0 Å². The van der Waals surface area contributed by atoms with Gasteiger partial charge in [0.05, 0.1) is 0 Å². The van der Waals surface area contributed by atoms with E-state index >= 15 is 0 Å². The normalized spacial score (nSPS) is 2.40. The molecule has 1 radical (unpaired) electrons. The molecule has 0 N–H and O–H groups in total. The molecule has 2 heteroatoms. The molecule has 0 nitrogen and oxygen atoms in total. The number of hydrogen-bond donors (Lipinski definition) is 0. The Morgan fingerprint density at radius 2 is 1.60 bits per heavy atom. The average molecular weight is 87.1 g/mol. The molecule has 5 heavy (non-hydrogen) atoms. The van der Waals surface area contributed by atoms with Crippen LogP contribution in [0.25, 0.3) is 0 Å². The molecule has 0 heterocycles. The van der Waals surface area contributed by atoms with Gasteiger partial charge in [-0.15, -0.1) is 0 Å². The van der Waals surface area contributed by atoms with Crippen molar-refractivity contribution in [3.63, 3.8) is 0 Å². The van der Waals surface area contributed by atoms with Crippen molar-refractivity contribution in [2.45, 2.75) is 0 Å². The topological polar surface area (TPSA) is 0 Å². The summed E-state index contributed by atoms with van der Waals surface area (Å²) in [6, 6.07) is 0. The minimum absolute atomic E-state index is 0. The van der Waals surface area contributed by atoms with Crippen LogP contribution in [-0.2, 0) is 0 Å². The molecule has 0 fully saturated rings. The first-order chi connectivity index (χ1) is 1.41. The molecular weight excluding hydrogens is 82.1 g/mol. The summed E-state index contributed by atoms with van der Waals surface area (Å²) in [7, 11) is 0. The van der Waals surface area contributed by atoms with Crippen molar-refractivity contribution in [2.24, 2.45) is 0 Å². The zero-order valence-electron chi connectivity index (χ0n) is 3.99.